The zero-order chi connectivity index (χ0) is 21.8. The highest BCUT2D eigenvalue weighted by molar-refractivity contribution is 6.30. The molecule has 0 aliphatic carbocycles. The maximum atomic E-state index is 11.0. The zero-order valence-electron chi connectivity index (χ0n) is 17.0. The van der Waals surface area contributed by atoms with Gasteiger partial charge in [0.25, 0.3) is 0 Å². The second-order valence-corrected chi connectivity index (χ2v) is 7.68. The molecule has 3 aromatic carbocycles. The molecule has 0 bridgehead atoms. The van der Waals surface area contributed by atoms with Gasteiger partial charge < -0.3 is 9.84 Å². The minimum Gasteiger partial charge on any atom is -0.481 e. The van der Waals surface area contributed by atoms with E-state index < -0.39 is 12.6 Å². The lowest BCUT2D eigenvalue weighted by Gasteiger charge is -2.09. The first-order chi connectivity index (χ1) is 15.0. The third-order valence-electron chi connectivity index (χ3n) is 4.86. The molecule has 1 N–H and O–H groups in total. The summed E-state index contributed by atoms with van der Waals surface area (Å²) in [6.45, 7) is 2.12. The number of carboxylic acid groups (broad SMARTS) is 1. The Kier molecular flexibility index (Phi) is 6.05. The molecule has 0 amide bonds. The fourth-order valence-electron chi connectivity index (χ4n) is 3.38. The molecule has 0 saturated carbocycles. The van der Waals surface area contributed by atoms with Crippen molar-refractivity contribution in [3.8, 4) is 28.3 Å². The normalized spacial score (nSPS) is 10.8. The molecule has 4 aromatic rings. The molecular formula is C25H21ClN2O3. The van der Waals surface area contributed by atoms with Crippen molar-refractivity contribution in [3.05, 3.63) is 95.0 Å². The molecule has 4 rings (SSSR count). The minimum absolute atomic E-state index is 0.411. The quantitative estimate of drug-likeness (QED) is 0.407. The van der Waals surface area contributed by atoms with E-state index in [0.29, 0.717) is 23.0 Å². The van der Waals surface area contributed by atoms with Gasteiger partial charge in [0.1, 0.15) is 5.75 Å². The van der Waals surface area contributed by atoms with Gasteiger partial charge in [-0.1, -0.05) is 60.1 Å². The van der Waals surface area contributed by atoms with Crippen LogP contribution in [0.5, 0.6) is 5.75 Å². The van der Waals surface area contributed by atoms with E-state index >= 15 is 0 Å². The second-order valence-electron chi connectivity index (χ2n) is 7.25. The first kappa shape index (κ1) is 20.7. The van der Waals surface area contributed by atoms with Crippen molar-refractivity contribution in [1.82, 2.24) is 9.78 Å². The highest BCUT2D eigenvalue weighted by Gasteiger charge is 2.16. The Morgan fingerprint density at radius 3 is 2.48 bits per heavy atom. The summed E-state index contributed by atoms with van der Waals surface area (Å²) in [6, 6.07) is 25.4. The third-order valence-corrected chi connectivity index (χ3v) is 5.11. The molecule has 6 heteroatoms. The number of hydrogen-bond donors (Lipinski definition) is 1. The Morgan fingerprint density at radius 1 is 1.03 bits per heavy atom. The van der Waals surface area contributed by atoms with Crippen molar-refractivity contribution < 1.29 is 14.6 Å². The van der Waals surface area contributed by atoms with Crippen LogP contribution in [0, 0.1) is 6.92 Å². The van der Waals surface area contributed by atoms with Crippen molar-refractivity contribution in [3.63, 3.8) is 0 Å². The summed E-state index contributed by atoms with van der Waals surface area (Å²) < 4.78 is 7.50. The number of aromatic nitrogens is 2. The van der Waals surface area contributed by atoms with E-state index in [1.807, 2.05) is 78.3 Å². The average Bonchev–Trinajstić information content (AvgIpc) is 3.17. The smallest absolute Gasteiger partial charge is 0.341 e. The van der Waals surface area contributed by atoms with Crippen molar-refractivity contribution >= 4 is 17.6 Å². The summed E-state index contributed by atoms with van der Waals surface area (Å²) in [6.07, 6.45) is 0. The number of carboxylic acids is 1. The Labute approximate surface area is 185 Å². The molecule has 31 heavy (non-hydrogen) atoms. The number of carbonyl (C=O) groups is 1. The van der Waals surface area contributed by atoms with Crippen molar-refractivity contribution in [2.75, 3.05) is 6.61 Å². The molecule has 1 aromatic heterocycles. The topological polar surface area (TPSA) is 64.4 Å². The molecule has 1 heterocycles. The summed E-state index contributed by atoms with van der Waals surface area (Å²) in [5.41, 5.74) is 5.47. The number of halogens is 1. The van der Waals surface area contributed by atoms with Crippen LogP contribution in [-0.2, 0) is 11.3 Å². The van der Waals surface area contributed by atoms with E-state index in [9.17, 15) is 4.79 Å². The molecular weight excluding hydrogens is 412 g/mol. The lowest BCUT2D eigenvalue weighted by Crippen LogP contribution is -2.10. The monoisotopic (exact) mass is 432 g/mol. The Bertz CT molecular complexity index is 1200. The van der Waals surface area contributed by atoms with E-state index in [2.05, 4.69) is 12.1 Å². The van der Waals surface area contributed by atoms with Crippen LogP contribution < -0.4 is 4.74 Å². The Balaban J connectivity index is 1.80. The predicted octanol–water partition coefficient (Wildman–Crippen LogP) is 5.69. The number of hydrogen-bond acceptors (Lipinski definition) is 3. The van der Waals surface area contributed by atoms with Gasteiger partial charge in [-0.15, -0.1) is 0 Å². The summed E-state index contributed by atoms with van der Waals surface area (Å²) in [4.78, 5) is 11.0. The van der Waals surface area contributed by atoms with Gasteiger partial charge >= 0.3 is 5.97 Å². The van der Waals surface area contributed by atoms with Crippen LogP contribution in [0.2, 0.25) is 5.02 Å². The standard InChI is InChI=1S/C25H21ClN2O3/c1-17-7-12-21(24(13-17)31-16-25(29)30)22-14-23(19-8-10-20(26)11-9-19)28(27-22)15-18-5-3-2-4-6-18/h2-14H,15-16H2,1H3,(H,29,30). The maximum Gasteiger partial charge on any atom is 0.341 e. The summed E-state index contributed by atoms with van der Waals surface area (Å²) in [5, 5.41) is 14.5. The van der Waals surface area contributed by atoms with E-state index in [-0.39, 0.29) is 0 Å². The van der Waals surface area contributed by atoms with Crippen LogP contribution in [0.15, 0.2) is 78.9 Å². The summed E-state index contributed by atoms with van der Waals surface area (Å²) in [5.74, 6) is -0.529. The van der Waals surface area contributed by atoms with E-state index in [0.717, 1.165) is 27.9 Å². The number of aryl methyl sites for hydroxylation is 1. The summed E-state index contributed by atoms with van der Waals surface area (Å²) in [7, 11) is 0. The average molecular weight is 433 g/mol. The predicted molar refractivity (Wildman–Crippen MR) is 122 cm³/mol. The number of benzene rings is 3. The van der Waals surface area contributed by atoms with Gasteiger partial charge in [-0.25, -0.2) is 4.79 Å². The molecule has 0 fully saturated rings. The molecule has 0 unspecified atom stereocenters. The van der Waals surface area contributed by atoms with Gasteiger partial charge in [0.2, 0.25) is 0 Å². The lowest BCUT2D eigenvalue weighted by atomic mass is 10.1. The second kappa shape index (κ2) is 9.06. The fourth-order valence-corrected chi connectivity index (χ4v) is 3.50. The number of nitrogens with zero attached hydrogens (tertiary/aromatic N) is 2. The SMILES string of the molecule is Cc1ccc(-c2cc(-c3ccc(Cl)cc3)n(Cc3ccccc3)n2)c(OCC(=O)O)c1. The largest absolute Gasteiger partial charge is 0.481 e. The van der Waals surface area contributed by atoms with Gasteiger partial charge in [-0.3, -0.25) is 4.68 Å². The third kappa shape index (κ3) is 4.95. The molecule has 0 saturated heterocycles. The molecule has 0 aliphatic heterocycles. The van der Waals surface area contributed by atoms with E-state index in [1.54, 1.807) is 0 Å². The maximum absolute atomic E-state index is 11.0. The van der Waals surface area contributed by atoms with E-state index in [1.165, 1.54) is 0 Å². The molecule has 156 valence electrons. The molecule has 5 nitrogen and oxygen atoms in total. The van der Waals surface area contributed by atoms with Crippen molar-refractivity contribution in [2.24, 2.45) is 0 Å². The van der Waals surface area contributed by atoms with Gasteiger partial charge in [-0.2, -0.15) is 5.10 Å². The number of aliphatic carboxylic acids is 1. The Hall–Kier alpha value is -3.57. The fraction of sp³-hybridized carbons (Fsp3) is 0.120. The van der Waals surface area contributed by atoms with Crippen LogP contribution in [0.25, 0.3) is 22.5 Å². The van der Waals surface area contributed by atoms with Gasteiger partial charge in [0, 0.05) is 10.6 Å². The van der Waals surface area contributed by atoms with Crippen LogP contribution in [-0.4, -0.2) is 27.5 Å². The summed E-state index contributed by atoms with van der Waals surface area (Å²) >= 11 is 6.08. The van der Waals surface area contributed by atoms with Crippen LogP contribution in [0.1, 0.15) is 11.1 Å². The van der Waals surface area contributed by atoms with Crippen LogP contribution >= 0.6 is 11.6 Å². The van der Waals surface area contributed by atoms with Crippen molar-refractivity contribution in [1.29, 1.82) is 0 Å². The molecule has 0 aliphatic rings. The number of rotatable bonds is 7. The molecule has 0 radical (unpaired) electrons. The minimum atomic E-state index is -1.02. The molecule has 0 spiro atoms. The lowest BCUT2D eigenvalue weighted by molar-refractivity contribution is -0.139. The highest BCUT2D eigenvalue weighted by atomic mass is 35.5. The van der Waals surface area contributed by atoms with E-state index in [4.69, 9.17) is 26.5 Å². The van der Waals surface area contributed by atoms with Gasteiger partial charge in [-0.05, 0) is 53.9 Å². The van der Waals surface area contributed by atoms with Crippen molar-refractivity contribution in [2.45, 2.75) is 13.5 Å². The number of ether oxygens (including phenoxy) is 1. The van der Waals surface area contributed by atoms with Crippen LogP contribution in [0.3, 0.4) is 0 Å². The van der Waals surface area contributed by atoms with Gasteiger partial charge in [0.05, 0.1) is 17.9 Å². The highest BCUT2D eigenvalue weighted by Crippen LogP contribution is 2.34. The Morgan fingerprint density at radius 2 is 1.77 bits per heavy atom. The van der Waals surface area contributed by atoms with Crippen LogP contribution in [0.4, 0.5) is 0 Å². The first-order valence-electron chi connectivity index (χ1n) is 9.83. The zero-order valence-corrected chi connectivity index (χ0v) is 17.7. The first-order valence-corrected chi connectivity index (χ1v) is 10.2. The molecule has 0 atom stereocenters. The van der Waals surface area contributed by atoms with Gasteiger partial charge in [0.15, 0.2) is 6.61 Å².